The third-order valence-electron chi connectivity index (χ3n) is 6.59. The molecule has 1 atom stereocenters. The zero-order chi connectivity index (χ0) is 25.0. The summed E-state index contributed by atoms with van der Waals surface area (Å²) in [5, 5.41) is 11.5. The van der Waals surface area contributed by atoms with E-state index in [2.05, 4.69) is 28.6 Å². The van der Waals surface area contributed by atoms with Gasteiger partial charge in [-0.15, -0.1) is 0 Å². The predicted octanol–water partition coefficient (Wildman–Crippen LogP) is 3.56. The van der Waals surface area contributed by atoms with Crippen LogP contribution in [0.3, 0.4) is 0 Å². The van der Waals surface area contributed by atoms with Gasteiger partial charge in [0.15, 0.2) is 12.2 Å². The van der Waals surface area contributed by atoms with Crippen LogP contribution in [0, 0.1) is 17.4 Å². The number of hydrogen-bond acceptors (Lipinski definition) is 5. The van der Waals surface area contributed by atoms with E-state index in [0.29, 0.717) is 17.2 Å². The number of methoxy groups -OCH3 is 1. The van der Waals surface area contributed by atoms with Gasteiger partial charge in [-0.3, -0.25) is 9.79 Å². The number of ether oxygens (including phenoxy) is 1. The number of rotatable bonds is 6. The van der Waals surface area contributed by atoms with Crippen molar-refractivity contribution in [2.24, 2.45) is 22.4 Å². The molecule has 0 aromatic heterocycles. The summed E-state index contributed by atoms with van der Waals surface area (Å²) >= 11 is 0. The van der Waals surface area contributed by atoms with Gasteiger partial charge in [0.25, 0.3) is 5.91 Å². The van der Waals surface area contributed by atoms with Crippen LogP contribution in [-0.2, 0) is 0 Å². The summed E-state index contributed by atoms with van der Waals surface area (Å²) in [5.41, 5.74) is 12.7. The zero-order valence-electron chi connectivity index (χ0n) is 20.4. The summed E-state index contributed by atoms with van der Waals surface area (Å²) in [5.74, 6) is 0.917. The molecular weight excluding hydrogens is 440 g/mol. The van der Waals surface area contributed by atoms with E-state index in [1.54, 1.807) is 24.1 Å². The van der Waals surface area contributed by atoms with Crippen molar-refractivity contribution in [2.75, 3.05) is 20.2 Å². The van der Waals surface area contributed by atoms with Gasteiger partial charge >= 0.3 is 0 Å². The molecule has 1 unspecified atom stereocenters. The molecule has 1 saturated heterocycles. The van der Waals surface area contributed by atoms with Crippen LogP contribution >= 0.6 is 0 Å². The van der Waals surface area contributed by atoms with Gasteiger partial charge in [-0.05, 0) is 62.1 Å². The summed E-state index contributed by atoms with van der Waals surface area (Å²) in [6.45, 7) is 1.97. The molecular formula is C27H36N6O2. The molecule has 1 aliphatic heterocycles. The Hall–Kier alpha value is -3.73. The Labute approximate surface area is 208 Å². The number of guanidine groups is 1. The fourth-order valence-corrected chi connectivity index (χ4v) is 4.78. The minimum absolute atomic E-state index is 0.0706. The number of aliphatic imine (C=N–C) groups is 1. The van der Waals surface area contributed by atoms with Crippen LogP contribution in [0.5, 0.6) is 5.75 Å². The van der Waals surface area contributed by atoms with E-state index in [1.165, 1.54) is 12.8 Å². The minimum Gasteiger partial charge on any atom is -0.496 e. The van der Waals surface area contributed by atoms with Gasteiger partial charge in [0, 0.05) is 13.1 Å². The molecule has 1 heterocycles. The lowest BCUT2D eigenvalue weighted by Gasteiger charge is -2.33. The Morgan fingerprint density at radius 3 is 2.26 bits per heavy atom. The molecule has 1 aliphatic carbocycles. The topological polar surface area (TPSA) is 130 Å². The number of benzene rings is 2. The highest BCUT2D eigenvalue weighted by molar-refractivity contribution is 5.97. The number of nitrogens with zero attached hydrogens (tertiary/aromatic N) is 3. The first kappa shape index (κ1) is 25.9. The van der Waals surface area contributed by atoms with Crippen LogP contribution < -0.4 is 21.5 Å². The number of nitriles is 1. The maximum absolute atomic E-state index is 13.0. The first-order valence-electron chi connectivity index (χ1n) is 12.2. The summed E-state index contributed by atoms with van der Waals surface area (Å²) in [7, 11) is 1.58. The van der Waals surface area contributed by atoms with E-state index in [-0.39, 0.29) is 24.0 Å². The van der Waals surface area contributed by atoms with Crippen LogP contribution in [0.4, 0.5) is 0 Å². The number of carbonyl (C=O) groups excluding carboxylic acids is 1. The fourth-order valence-electron chi connectivity index (χ4n) is 4.78. The second-order valence-electron chi connectivity index (χ2n) is 8.98. The third kappa shape index (κ3) is 7.64. The molecule has 0 bridgehead atoms. The van der Waals surface area contributed by atoms with Gasteiger partial charge in [0.2, 0.25) is 0 Å². The number of nitrogens with two attached hydrogens (primary N) is 2. The lowest BCUT2D eigenvalue weighted by molar-refractivity contribution is 0.0908. The summed E-state index contributed by atoms with van der Waals surface area (Å²) in [4.78, 5) is 19.1. The second kappa shape index (κ2) is 13.2. The van der Waals surface area contributed by atoms with Crippen molar-refractivity contribution in [3.8, 4) is 11.9 Å². The first-order chi connectivity index (χ1) is 17.0. The summed E-state index contributed by atoms with van der Waals surface area (Å²) in [6, 6.07) is 17.5. The van der Waals surface area contributed by atoms with Crippen LogP contribution in [0.2, 0.25) is 0 Å². The molecule has 1 amide bonds. The average molecular weight is 477 g/mol. The maximum atomic E-state index is 13.0. The van der Waals surface area contributed by atoms with Crippen molar-refractivity contribution in [3.05, 3.63) is 65.7 Å². The normalized spacial score (nSPS) is 19.9. The average Bonchev–Trinajstić information content (AvgIpc) is 3.42. The highest BCUT2D eigenvalue weighted by atomic mass is 16.5. The molecule has 186 valence electrons. The van der Waals surface area contributed by atoms with E-state index < -0.39 is 0 Å². The third-order valence-corrected chi connectivity index (χ3v) is 6.59. The Morgan fingerprint density at radius 1 is 1.06 bits per heavy atom. The number of para-hydroxylation sites is 1. The molecule has 4 rings (SSSR count). The van der Waals surface area contributed by atoms with Crippen molar-refractivity contribution >= 4 is 11.9 Å². The highest BCUT2D eigenvalue weighted by Crippen LogP contribution is 2.36. The monoisotopic (exact) mass is 476 g/mol. The Balaban J connectivity index is 0.000000420. The van der Waals surface area contributed by atoms with Crippen molar-refractivity contribution < 1.29 is 9.53 Å². The van der Waals surface area contributed by atoms with Crippen molar-refractivity contribution in [1.29, 1.82) is 5.26 Å². The number of carbonyl (C=O) groups is 1. The predicted molar refractivity (Wildman–Crippen MR) is 138 cm³/mol. The molecule has 2 aliphatic rings. The number of nitrogens with one attached hydrogen (secondary N) is 1. The van der Waals surface area contributed by atoms with Gasteiger partial charge in [-0.25, -0.2) is 0 Å². The Kier molecular flexibility index (Phi) is 9.79. The van der Waals surface area contributed by atoms with E-state index in [9.17, 15) is 4.79 Å². The molecule has 8 nitrogen and oxygen atoms in total. The molecule has 2 aromatic carbocycles. The van der Waals surface area contributed by atoms with Gasteiger partial charge in [-0.1, -0.05) is 42.5 Å². The molecule has 0 spiro atoms. The summed E-state index contributed by atoms with van der Waals surface area (Å²) in [6.07, 6.45) is 8.23. The van der Waals surface area contributed by atoms with Crippen LogP contribution in [0.25, 0.3) is 0 Å². The lowest BCUT2D eigenvalue weighted by atomic mass is 9.79. The van der Waals surface area contributed by atoms with E-state index in [0.717, 1.165) is 44.3 Å². The molecule has 35 heavy (non-hydrogen) atoms. The zero-order valence-corrected chi connectivity index (χ0v) is 20.4. The summed E-state index contributed by atoms with van der Waals surface area (Å²) < 4.78 is 5.35. The largest absolute Gasteiger partial charge is 0.496 e. The minimum atomic E-state index is -0.127. The van der Waals surface area contributed by atoms with E-state index in [4.69, 9.17) is 21.5 Å². The van der Waals surface area contributed by atoms with E-state index in [1.807, 2.05) is 30.3 Å². The quantitative estimate of drug-likeness (QED) is 0.332. The standard InChI is InChI=1S/C22H28N4O2.C5H8N2/c1-28-19-10-6-5-9-18(19)21(27)26-20(15-7-3-2-4-8-15)16-11-13-17(14-12-16)25-22(23)24;6-5-7-3-1-2-4-7/h2-10,16-17,20H,11-14H2,1H3,(H,26,27)(H4,23,24,25);1-4H2. The van der Waals surface area contributed by atoms with Gasteiger partial charge < -0.3 is 26.4 Å². The SMILES string of the molecule is COc1ccccc1C(=O)NC(c1ccccc1)C1CCC(N=C(N)N)CC1.N#CN1CCCC1. The molecule has 8 heteroatoms. The number of likely N-dealkylation sites (tertiary alicyclic amines) is 1. The first-order valence-corrected chi connectivity index (χ1v) is 12.2. The van der Waals surface area contributed by atoms with Gasteiger partial charge in [0.05, 0.1) is 24.8 Å². The van der Waals surface area contributed by atoms with Crippen LogP contribution in [0.1, 0.15) is 60.5 Å². The number of amides is 1. The molecule has 1 saturated carbocycles. The van der Waals surface area contributed by atoms with Crippen molar-refractivity contribution in [2.45, 2.75) is 50.6 Å². The Bertz CT molecular complexity index is 1000. The Morgan fingerprint density at radius 2 is 1.69 bits per heavy atom. The van der Waals surface area contributed by atoms with Crippen molar-refractivity contribution in [1.82, 2.24) is 10.2 Å². The maximum Gasteiger partial charge on any atom is 0.255 e. The fraction of sp³-hybridized carbons (Fsp3) is 0.444. The molecule has 0 radical (unpaired) electrons. The van der Waals surface area contributed by atoms with E-state index >= 15 is 0 Å². The van der Waals surface area contributed by atoms with Gasteiger partial charge in [0.1, 0.15) is 5.75 Å². The van der Waals surface area contributed by atoms with Crippen molar-refractivity contribution in [3.63, 3.8) is 0 Å². The van der Waals surface area contributed by atoms with Crippen LogP contribution in [-0.4, -0.2) is 43.0 Å². The lowest BCUT2D eigenvalue weighted by Crippen LogP contribution is -2.36. The second-order valence-corrected chi connectivity index (χ2v) is 8.98. The molecule has 2 fully saturated rings. The smallest absolute Gasteiger partial charge is 0.255 e. The number of hydrogen-bond donors (Lipinski definition) is 3. The van der Waals surface area contributed by atoms with Crippen LogP contribution in [0.15, 0.2) is 59.6 Å². The molecule has 2 aromatic rings. The van der Waals surface area contributed by atoms with Gasteiger partial charge in [-0.2, -0.15) is 5.26 Å². The molecule has 5 N–H and O–H groups in total. The highest BCUT2D eigenvalue weighted by Gasteiger charge is 2.30.